The van der Waals surface area contributed by atoms with E-state index in [4.69, 9.17) is 4.42 Å². The summed E-state index contributed by atoms with van der Waals surface area (Å²) < 4.78 is 31.2. The van der Waals surface area contributed by atoms with Crippen LogP contribution in [-0.4, -0.2) is 17.6 Å². The molecule has 1 aromatic carbocycles. The molecule has 1 aromatic heterocycles. The van der Waals surface area contributed by atoms with Crippen LogP contribution in [0, 0.1) is 11.6 Å². The predicted octanol–water partition coefficient (Wildman–Crippen LogP) is 1.95. The normalized spacial score (nSPS) is 12.2. The first-order valence-electron chi connectivity index (χ1n) is 5.97. The molecule has 0 bridgehead atoms. The fourth-order valence-corrected chi connectivity index (χ4v) is 1.78. The van der Waals surface area contributed by atoms with Crippen LogP contribution < -0.4 is 5.32 Å². The number of rotatable bonds is 5. The highest BCUT2D eigenvalue weighted by atomic mass is 19.1. The average molecular weight is 281 g/mol. The first kappa shape index (κ1) is 14.2. The molecule has 4 nitrogen and oxygen atoms in total. The van der Waals surface area contributed by atoms with Crippen LogP contribution in [0.4, 0.5) is 8.78 Å². The van der Waals surface area contributed by atoms with E-state index in [1.54, 1.807) is 12.1 Å². The molecule has 0 fully saturated rings. The molecule has 106 valence electrons. The number of carbonyl (C=O) groups excluding carboxylic acids is 1. The van der Waals surface area contributed by atoms with Crippen molar-refractivity contribution >= 4 is 5.91 Å². The lowest BCUT2D eigenvalue weighted by Crippen LogP contribution is -2.31. The molecule has 0 spiro atoms. The summed E-state index contributed by atoms with van der Waals surface area (Å²) in [5.41, 5.74) is 0.0834. The summed E-state index contributed by atoms with van der Waals surface area (Å²) in [6.07, 6.45) is 1.17. The molecule has 0 radical (unpaired) electrons. The Morgan fingerprint density at radius 1 is 1.35 bits per heavy atom. The van der Waals surface area contributed by atoms with E-state index in [0.29, 0.717) is 5.76 Å². The Bertz CT molecular complexity index is 584. The standard InChI is InChI=1S/C14H13F2NO3/c15-10-4-3-9(11(16)7-10)6-14(19)17-12(8-18)13-2-1-5-20-13/h1-5,7,12,18H,6,8H2,(H,17,19). The maximum absolute atomic E-state index is 13.4. The van der Waals surface area contributed by atoms with Crippen molar-refractivity contribution in [3.63, 3.8) is 0 Å². The molecule has 1 unspecified atom stereocenters. The molecule has 1 amide bonds. The van der Waals surface area contributed by atoms with Crippen LogP contribution in [0.1, 0.15) is 17.4 Å². The highest BCUT2D eigenvalue weighted by Crippen LogP contribution is 2.14. The lowest BCUT2D eigenvalue weighted by Gasteiger charge is -2.14. The second-order valence-corrected chi connectivity index (χ2v) is 4.23. The fourth-order valence-electron chi connectivity index (χ4n) is 1.78. The van der Waals surface area contributed by atoms with Crippen molar-refractivity contribution in [3.05, 3.63) is 59.6 Å². The minimum atomic E-state index is -0.779. The minimum absolute atomic E-state index is 0.0834. The number of furan rings is 1. The molecule has 20 heavy (non-hydrogen) atoms. The molecule has 6 heteroatoms. The van der Waals surface area contributed by atoms with E-state index in [2.05, 4.69) is 5.32 Å². The lowest BCUT2D eigenvalue weighted by atomic mass is 10.1. The average Bonchev–Trinajstić information content (AvgIpc) is 2.93. The summed E-state index contributed by atoms with van der Waals surface area (Å²) in [5.74, 6) is -1.57. The van der Waals surface area contributed by atoms with Crippen LogP contribution in [0.3, 0.4) is 0 Å². The van der Waals surface area contributed by atoms with Crippen LogP contribution >= 0.6 is 0 Å². The Kier molecular flexibility index (Phi) is 4.47. The molecule has 0 saturated carbocycles. The van der Waals surface area contributed by atoms with Crippen molar-refractivity contribution in [2.45, 2.75) is 12.5 Å². The van der Waals surface area contributed by atoms with Gasteiger partial charge in [-0.2, -0.15) is 0 Å². The minimum Gasteiger partial charge on any atom is -0.467 e. The van der Waals surface area contributed by atoms with Gasteiger partial charge in [0, 0.05) is 6.07 Å². The topological polar surface area (TPSA) is 62.5 Å². The Labute approximate surface area is 114 Å². The molecule has 2 N–H and O–H groups in total. The third-order valence-corrected chi connectivity index (χ3v) is 2.77. The van der Waals surface area contributed by atoms with E-state index in [-0.39, 0.29) is 18.6 Å². The molecule has 0 saturated heterocycles. The quantitative estimate of drug-likeness (QED) is 0.880. The van der Waals surface area contributed by atoms with E-state index >= 15 is 0 Å². The second-order valence-electron chi connectivity index (χ2n) is 4.23. The maximum Gasteiger partial charge on any atom is 0.225 e. The van der Waals surface area contributed by atoms with Gasteiger partial charge in [0.05, 0.1) is 19.3 Å². The van der Waals surface area contributed by atoms with Gasteiger partial charge in [-0.05, 0) is 23.8 Å². The van der Waals surface area contributed by atoms with Crippen molar-refractivity contribution in [1.82, 2.24) is 5.32 Å². The van der Waals surface area contributed by atoms with Gasteiger partial charge < -0.3 is 14.8 Å². The van der Waals surface area contributed by atoms with E-state index in [1.807, 2.05) is 0 Å². The van der Waals surface area contributed by atoms with Gasteiger partial charge in [0.25, 0.3) is 0 Å². The number of hydrogen-bond acceptors (Lipinski definition) is 3. The van der Waals surface area contributed by atoms with Crippen molar-refractivity contribution < 1.29 is 23.1 Å². The summed E-state index contributed by atoms with van der Waals surface area (Å²) in [7, 11) is 0. The summed E-state index contributed by atoms with van der Waals surface area (Å²) in [4.78, 5) is 11.8. The maximum atomic E-state index is 13.4. The zero-order valence-electron chi connectivity index (χ0n) is 10.5. The van der Waals surface area contributed by atoms with Crippen LogP contribution in [0.15, 0.2) is 41.0 Å². The smallest absolute Gasteiger partial charge is 0.225 e. The highest BCUT2D eigenvalue weighted by Gasteiger charge is 2.17. The van der Waals surface area contributed by atoms with Crippen molar-refractivity contribution in [2.24, 2.45) is 0 Å². The Morgan fingerprint density at radius 3 is 2.75 bits per heavy atom. The number of nitrogens with one attached hydrogen (secondary N) is 1. The number of carbonyl (C=O) groups is 1. The molecule has 2 aromatic rings. The lowest BCUT2D eigenvalue weighted by molar-refractivity contribution is -0.121. The van der Waals surface area contributed by atoms with Gasteiger partial charge in [-0.1, -0.05) is 6.07 Å². The second kappa shape index (κ2) is 6.29. The first-order chi connectivity index (χ1) is 9.60. The molecule has 2 rings (SSSR count). The summed E-state index contributed by atoms with van der Waals surface area (Å²) in [6, 6.07) is 5.57. The first-order valence-corrected chi connectivity index (χ1v) is 5.97. The van der Waals surface area contributed by atoms with Crippen LogP contribution in [0.25, 0.3) is 0 Å². The number of aliphatic hydroxyl groups excluding tert-OH is 1. The van der Waals surface area contributed by atoms with Gasteiger partial charge >= 0.3 is 0 Å². The van der Waals surface area contributed by atoms with Gasteiger partial charge in [0.2, 0.25) is 5.91 Å². The monoisotopic (exact) mass is 281 g/mol. The van der Waals surface area contributed by atoms with E-state index < -0.39 is 23.6 Å². The van der Waals surface area contributed by atoms with Crippen LogP contribution in [0.5, 0.6) is 0 Å². The summed E-state index contributed by atoms with van der Waals surface area (Å²) in [5, 5.41) is 11.7. The van der Waals surface area contributed by atoms with E-state index in [0.717, 1.165) is 12.1 Å². The van der Waals surface area contributed by atoms with Gasteiger partial charge in [-0.3, -0.25) is 4.79 Å². The fraction of sp³-hybridized carbons (Fsp3) is 0.214. The van der Waals surface area contributed by atoms with Crippen molar-refractivity contribution in [2.75, 3.05) is 6.61 Å². The summed E-state index contributed by atoms with van der Waals surface area (Å²) in [6.45, 7) is -0.342. The Morgan fingerprint density at radius 2 is 2.15 bits per heavy atom. The zero-order valence-corrected chi connectivity index (χ0v) is 10.5. The molecule has 0 aliphatic heterocycles. The number of halogens is 2. The van der Waals surface area contributed by atoms with Crippen molar-refractivity contribution in [3.8, 4) is 0 Å². The van der Waals surface area contributed by atoms with E-state index in [1.165, 1.54) is 12.3 Å². The van der Waals surface area contributed by atoms with E-state index in [9.17, 15) is 18.7 Å². The molecule has 1 heterocycles. The Hall–Kier alpha value is -2.21. The number of hydrogen-bond donors (Lipinski definition) is 2. The molecular formula is C14H13F2NO3. The number of benzene rings is 1. The summed E-state index contributed by atoms with van der Waals surface area (Å²) >= 11 is 0. The van der Waals surface area contributed by atoms with Gasteiger partial charge in [0.15, 0.2) is 0 Å². The third-order valence-electron chi connectivity index (χ3n) is 2.77. The zero-order chi connectivity index (χ0) is 14.5. The Balaban J connectivity index is 2.01. The molecule has 1 atom stereocenters. The highest BCUT2D eigenvalue weighted by molar-refractivity contribution is 5.79. The largest absolute Gasteiger partial charge is 0.467 e. The SMILES string of the molecule is O=C(Cc1ccc(F)cc1F)NC(CO)c1ccco1. The molecule has 0 aliphatic carbocycles. The van der Waals surface area contributed by atoms with Gasteiger partial charge in [-0.25, -0.2) is 8.78 Å². The van der Waals surface area contributed by atoms with Crippen molar-refractivity contribution in [1.29, 1.82) is 0 Å². The van der Waals surface area contributed by atoms with Crippen LogP contribution in [0.2, 0.25) is 0 Å². The van der Waals surface area contributed by atoms with Gasteiger partial charge in [0.1, 0.15) is 23.4 Å². The predicted molar refractivity (Wildman–Crippen MR) is 66.7 cm³/mol. The third kappa shape index (κ3) is 3.42. The van der Waals surface area contributed by atoms with Gasteiger partial charge in [-0.15, -0.1) is 0 Å². The van der Waals surface area contributed by atoms with Crippen LogP contribution in [-0.2, 0) is 11.2 Å². The number of aliphatic hydroxyl groups is 1. The number of amides is 1. The molecule has 0 aliphatic rings. The molecular weight excluding hydrogens is 268 g/mol.